The molecule has 54 heavy (non-hydrogen) atoms. The van der Waals surface area contributed by atoms with Gasteiger partial charge in [0.2, 0.25) is 0 Å². The number of carbonyl (C=O) groups excluding carboxylic acids is 2. The molecule has 0 saturated carbocycles. The monoisotopic (exact) mass is 777 g/mol. The number of amides is 2. The summed E-state index contributed by atoms with van der Waals surface area (Å²) in [7, 11) is 0. The lowest BCUT2D eigenvalue weighted by Gasteiger charge is -2.35. The summed E-state index contributed by atoms with van der Waals surface area (Å²) in [5, 5.41) is 0.235. The third-order valence-corrected chi connectivity index (χ3v) is 9.91. The van der Waals surface area contributed by atoms with Gasteiger partial charge in [-0.3, -0.25) is 9.80 Å². The lowest BCUT2D eigenvalue weighted by molar-refractivity contribution is 0.00453. The summed E-state index contributed by atoms with van der Waals surface area (Å²) in [6, 6.07) is 12.5. The number of ether oxygens (including phenoxy) is 4. The van der Waals surface area contributed by atoms with Crippen molar-refractivity contribution in [2.75, 3.05) is 37.7 Å². The quantitative estimate of drug-likeness (QED) is 0.171. The molecule has 2 atom stereocenters. The fourth-order valence-electron chi connectivity index (χ4n) is 6.25. The van der Waals surface area contributed by atoms with Crippen LogP contribution >= 0.6 is 22.9 Å². The Labute approximate surface area is 324 Å². The molecule has 0 aliphatic carbocycles. The van der Waals surface area contributed by atoms with Crippen molar-refractivity contribution in [1.82, 2.24) is 19.8 Å². The van der Waals surface area contributed by atoms with Crippen molar-refractivity contribution >= 4 is 56.8 Å². The van der Waals surface area contributed by atoms with E-state index >= 15 is 0 Å². The van der Waals surface area contributed by atoms with E-state index in [-0.39, 0.29) is 35.6 Å². The molecule has 0 radical (unpaired) electrons. The maximum atomic E-state index is 13.9. The highest BCUT2D eigenvalue weighted by molar-refractivity contribution is 7.20. The summed E-state index contributed by atoms with van der Waals surface area (Å²) in [5.74, 6) is 6.93. The van der Waals surface area contributed by atoms with E-state index in [1.807, 2.05) is 26.8 Å². The van der Waals surface area contributed by atoms with Crippen LogP contribution in [0.5, 0.6) is 5.75 Å². The number of nitrogens with zero attached hydrogens (tertiary/aromatic N) is 5. The van der Waals surface area contributed by atoms with Crippen molar-refractivity contribution in [3.63, 3.8) is 0 Å². The fraction of sp³-hybridized carbons (Fsp3) is 0.450. The van der Waals surface area contributed by atoms with Gasteiger partial charge in [0.15, 0.2) is 5.82 Å². The summed E-state index contributed by atoms with van der Waals surface area (Å²) in [6.45, 7) is 14.7. The first-order chi connectivity index (χ1) is 25.6. The molecule has 11 nitrogen and oxygen atoms in total. The van der Waals surface area contributed by atoms with Gasteiger partial charge in [0.1, 0.15) is 35.7 Å². The Morgan fingerprint density at radius 1 is 1.02 bits per heavy atom. The predicted octanol–water partition coefficient (Wildman–Crippen LogP) is 8.59. The van der Waals surface area contributed by atoms with Crippen LogP contribution in [0.1, 0.15) is 64.8 Å². The molecule has 2 aromatic carbocycles. The molecular formula is C40H45ClFN5O6S. The minimum absolute atomic E-state index is 0.0375. The van der Waals surface area contributed by atoms with Crippen LogP contribution in [0.15, 0.2) is 54.9 Å². The van der Waals surface area contributed by atoms with E-state index in [9.17, 15) is 14.0 Å². The van der Waals surface area contributed by atoms with E-state index in [1.165, 1.54) is 34.7 Å². The van der Waals surface area contributed by atoms with Crippen LogP contribution < -0.4 is 9.64 Å². The Hall–Kier alpha value is -4.48. The molecule has 0 bridgehead atoms. The molecule has 2 aliphatic heterocycles. The molecule has 286 valence electrons. The van der Waals surface area contributed by atoms with E-state index in [0.717, 1.165) is 26.1 Å². The van der Waals surface area contributed by atoms with Crippen LogP contribution in [0.4, 0.5) is 25.5 Å². The molecule has 2 aromatic heterocycles. The SMILES string of the molecule is CC(C)(C)OC(=O)N(c1ccc(OCc2cccc(F)c2)c(Cl)c1)c1ncnc2cc(C#C[C@H]3CC[C@H](CN4CCOCC4)N3C(=O)OC(C)(C)C)sc12. The summed E-state index contributed by atoms with van der Waals surface area (Å²) in [4.78, 5) is 42.6. The molecule has 4 heterocycles. The van der Waals surface area contributed by atoms with Crippen LogP contribution in [-0.4, -0.2) is 88.1 Å². The first-order valence-corrected chi connectivity index (χ1v) is 19.1. The van der Waals surface area contributed by atoms with Gasteiger partial charge in [-0.2, -0.15) is 0 Å². The van der Waals surface area contributed by atoms with Gasteiger partial charge >= 0.3 is 12.2 Å². The fourth-order valence-corrected chi connectivity index (χ4v) is 7.43. The number of aromatic nitrogens is 2. The average Bonchev–Trinajstić information content (AvgIpc) is 3.70. The molecule has 0 N–H and O–H groups in total. The topological polar surface area (TPSA) is 107 Å². The van der Waals surface area contributed by atoms with Crippen LogP contribution in [-0.2, 0) is 20.8 Å². The number of halogens is 2. The van der Waals surface area contributed by atoms with Gasteiger partial charge in [-0.25, -0.2) is 28.8 Å². The zero-order valence-electron chi connectivity index (χ0n) is 31.4. The van der Waals surface area contributed by atoms with Gasteiger partial charge in [0, 0.05) is 25.7 Å². The van der Waals surface area contributed by atoms with E-state index < -0.39 is 17.3 Å². The lowest BCUT2D eigenvalue weighted by Crippen LogP contribution is -2.50. The first kappa shape index (κ1) is 39.2. The molecule has 2 aliphatic rings. The molecular weight excluding hydrogens is 733 g/mol. The highest BCUT2D eigenvalue weighted by Gasteiger charge is 2.39. The van der Waals surface area contributed by atoms with Crippen molar-refractivity contribution in [2.24, 2.45) is 0 Å². The second kappa shape index (κ2) is 16.5. The van der Waals surface area contributed by atoms with Crippen molar-refractivity contribution in [2.45, 2.75) is 84.3 Å². The zero-order valence-corrected chi connectivity index (χ0v) is 32.9. The zero-order chi connectivity index (χ0) is 38.6. The van der Waals surface area contributed by atoms with Crippen molar-refractivity contribution in [3.05, 3.63) is 76.1 Å². The largest absolute Gasteiger partial charge is 0.487 e. The second-order valence-corrected chi connectivity index (χ2v) is 16.6. The third-order valence-electron chi connectivity index (χ3n) is 8.58. The van der Waals surface area contributed by atoms with Gasteiger partial charge in [0.05, 0.1) is 45.1 Å². The Balaban J connectivity index is 1.29. The maximum absolute atomic E-state index is 13.9. The Kier molecular flexibility index (Phi) is 12.0. The average molecular weight is 778 g/mol. The van der Waals surface area contributed by atoms with Crippen molar-refractivity contribution in [1.29, 1.82) is 0 Å². The Morgan fingerprint density at radius 3 is 2.48 bits per heavy atom. The normalized spacial score (nSPS) is 17.9. The number of hydrogen-bond donors (Lipinski definition) is 0. The van der Waals surface area contributed by atoms with Crippen molar-refractivity contribution in [3.8, 4) is 17.6 Å². The number of morpholine rings is 1. The molecule has 0 unspecified atom stereocenters. The number of rotatable bonds is 7. The number of anilines is 2. The summed E-state index contributed by atoms with van der Waals surface area (Å²) >= 11 is 8.02. The van der Waals surface area contributed by atoms with E-state index in [2.05, 4.69) is 26.7 Å². The lowest BCUT2D eigenvalue weighted by atomic mass is 10.2. The summed E-state index contributed by atoms with van der Waals surface area (Å²) in [5.41, 5.74) is 0.154. The number of benzene rings is 2. The van der Waals surface area contributed by atoms with E-state index in [0.29, 0.717) is 57.5 Å². The standard InChI is InChI=1S/C40H45ClFN5O6S/c1-39(2,3)52-37(48)46-28(10-11-30(46)23-45-16-18-50-19-17-45)12-14-31-22-33-35(54-31)36(44-25-43-33)47(38(49)53-40(4,5)6)29-13-15-34(32(41)21-29)51-24-26-8-7-9-27(42)20-26/h7-9,13,15,20-22,25,28,30H,10-11,16-19,23-24H2,1-6H3/t28-,30-/m1/s1. The van der Waals surface area contributed by atoms with Gasteiger partial charge in [-0.15, -0.1) is 11.3 Å². The van der Waals surface area contributed by atoms with Gasteiger partial charge < -0.3 is 18.9 Å². The van der Waals surface area contributed by atoms with Crippen LogP contribution in [0.25, 0.3) is 10.2 Å². The molecule has 6 rings (SSSR count). The van der Waals surface area contributed by atoms with Crippen LogP contribution in [0, 0.1) is 17.7 Å². The van der Waals surface area contributed by atoms with Crippen molar-refractivity contribution < 1.29 is 32.9 Å². The molecule has 2 saturated heterocycles. The highest BCUT2D eigenvalue weighted by atomic mass is 35.5. The maximum Gasteiger partial charge on any atom is 0.420 e. The molecule has 14 heteroatoms. The van der Waals surface area contributed by atoms with Gasteiger partial charge in [0.25, 0.3) is 0 Å². The number of hydrogen-bond acceptors (Lipinski definition) is 10. The molecule has 4 aromatic rings. The number of carbonyl (C=O) groups is 2. The summed E-state index contributed by atoms with van der Waals surface area (Å²) < 4.78 is 37.4. The molecule has 2 fully saturated rings. The number of likely N-dealkylation sites (tertiary alicyclic amines) is 1. The van der Waals surface area contributed by atoms with Crippen LogP contribution in [0.2, 0.25) is 5.02 Å². The van der Waals surface area contributed by atoms with E-state index in [1.54, 1.807) is 56.0 Å². The minimum atomic E-state index is -0.813. The van der Waals surface area contributed by atoms with E-state index in [4.69, 9.17) is 30.5 Å². The molecule has 2 amide bonds. The second-order valence-electron chi connectivity index (χ2n) is 15.2. The Morgan fingerprint density at radius 2 is 1.78 bits per heavy atom. The first-order valence-electron chi connectivity index (χ1n) is 17.9. The smallest absolute Gasteiger partial charge is 0.420 e. The van der Waals surface area contributed by atoms with Gasteiger partial charge in [-0.1, -0.05) is 35.6 Å². The third kappa shape index (κ3) is 9.98. The summed E-state index contributed by atoms with van der Waals surface area (Å²) in [6.07, 6.45) is 1.86. The number of thiophene rings is 1. The van der Waals surface area contributed by atoms with Crippen LogP contribution in [0.3, 0.4) is 0 Å². The number of fused-ring (bicyclic) bond motifs is 1. The Bertz CT molecular complexity index is 2050. The predicted molar refractivity (Wildman–Crippen MR) is 207 cm³/mol. The van der Waals surface area contributed by atoms with Gasteiger partial charge in [-0.05, 0) is 96.3 Å². The minimum Gasteiger partial charge on any atom is -0.487 e. The highest BCUT2D eigenvalue weighted by Crippen LogP contribution is 2.39. The molecule has 0 spiro atoms.